The normalized spacial score (nSPS) is 13.5. The summed E-state index contributed by atoms with van der Waals surface area (Å²) in [5.74, 6) is -0.555. The highest BCUT2D eigenvalue weighted by molar-refractivity contribution is 6.19. The smallest absolute Gasteiger partial charge is 0.254 e. The van der Waals surface area contributed by atoms with Crippen LogP contribution in [-0.2, 0) is 22.7 Å². The van der Waals surface area contributed by atoms with Gasteiger partial charge in [0.05, 0.1) is 17.9 Å². The first kappa shape index (κ1) is 20.5. The van der Waals surface area contributed by atoms with Crippen LogP contribution in [0.25, 0.3) is 0 Å². The quantitative estimate of drug-likeness (QED) is 0.575. The van der Waals surface area contributed by atoms with E-state index >= 15 is 0 Å². The van der Waals surface area contributed by atoms with Crippen molar-refractivity contribution in [2.24, 2.45) is 0 Å². The molecular weight excluding hydrogens is 390 g/mol. The third kappa shape index (κ3) is 4.53. The molecule has 156 valence electrons. The van der Waals surface area contributed by atoms with Crippen molar-refractivity contribution < 1.29 is 14.4 Å². The van der Waals surface area contributed by atoms with Gasteiger partial charge in [0.25, 0.3) is 5.91 Å². The number of rotatable bonds is 6. The number of aromatic nitrogens is 1. The van der Waals surface area contributed by atoms with Crippen LogP contribution in [0.3, 0.4) is 0 Å². The second kappa shape index (κ2) is 8.92. The predicted molar refractivity (Wildman–Crippen MR) is 117 cm³/mol. The van der Waals surface area contributed by atoms with Gasteiger partial charge in [-0.25, -0.2) is 0 Å². The average molecular weight is 413 g/mol. The Labute approximate surface area is 181 Å². The number of nitrogens with zero attached hydrogens (tertiary/aromatic N) is 3. The highest BCUT2D eigenvalue weighted by atomic mass is 16.2. The highest BCUT2D eigenvalue weighted by Gasteiger charge is 2.30. The van der Waals surface area contributed by atoms with E-state index in [1.165, 1.54) is 4.90 Å². The summed E-state index contributed by atoms with van der Waals surface area (Å²) in [6.45, 7) is 2.80. The zero-order valence-corrected chi connectivity index (χ0v) is 17.3. The van der Waals surface area contributed by atoms with E-state index in [0.29, 0.717) is 24.3 Å². The van der Waals surface area contributed by atoms with Crippen molar-refractivity contribution in [2.45, 2.75) is 32.9 Å². The molecule has 0 spiro atoms. The molecule has 0 saturated carbocycles. The Morgan fingerprint density at radius 2 is 1.58 bits per heavy atom. The summed E-state index contributed by atoms with van der Waals surface area (Å²) in [6, 6.07) is 20.3. The van der Waals surface area contributed by atoms with Crippen molar-refractivity contribution in [1.29, 1.82) is 0 Å². The molecule has 1 fully saturated rings. The summed E-state index contributed by atoms with van der Waals surface area (Å²) in [4.78, 5) is 44.7. The largest absolute Gasteiger partial charge is 0.328 e. The van der Waals surface area contributed by atoms with Crippen LogP contribution in [0.1, 0.15) is 40.0 Å². The Balaban J connectivity index is 1.59. The molecule has 0 radical (unpaired) electrons. The fourth-order valence-electron chi connectivity index (χ4n) is 3.67. The zero-order valence-electron chi connectivity index (χ0n) is 17.3. The van der Waals surface area contributed by atoms with Crippen molar-refractivity contribution >= 4 is 23.4 Å². The van der Waals surface area contributed by atoms with E-state index in [-0.39, 0.29) is 30.6 Å². The Hall–Kier alpha value is -3.80. The number of carbonyl (C=O) groups excluding carboxylic acids is 3. The Kier molecular flexibility index (Phi) is 5.89. The molecular formula is C25H23N3O3. The first-order chi connectivity index (χ1) is 15.0. The van der Waals surface area contributed by atoms with Crippen molar-refractivity contribution in [3.05, 3.63) is 95.3 Å². The summed E-state index contributed by atoms with van der Waals surface area (Å²) in [5.41, 5.74) is 3.88. The lowest BCUT2D eigenvalue weighted by molar-refractivity contribution is -0.121. The SMILES string of the molecule is Cc1cccnc1CN(Cc1ccccc1)C(=O)c1ccc(N2C(=O)CCC2=O)cc1. The van der Waals surface area contributed by atoms with Crippen molar-refractivity contribution in [1.82, 2.24) is 9.88 Å². The summed E-state index contributed by atoms with van der Waals surface area (Å²) < 4.78 is 0. The van der Waals surface area contributed by atoms with Gasteiger partial charge in [0.15, 0.2) is 0 Å². The maximum absolute atomic E-state index is 13.4. The van der Waals surface area contributed by atoms with Crippen molar-refractivity contribution in [2.75, 3.05) is 4.90 Å². The molecule has 2 aromatic carbocycles. The maximum atomic E-state index is 13.4. The number of hydrogen-bond donors (Lipinski definition) is 0. The molecule has 2 heterocycles. The van der Waals surface area contributed by atoms with Gasteiger partial charge in [-0.3, -0.25) is 24.3 Å². The number of aryl methyl sites for hydroxylation is 1. The maximum Gasteiger partial charge on any atom is 0.254 e. The molecule has 31 heavy (non-hydrogen) atoms. The molecule has 1 aromatic heterocycles. The molecule has 0 aliphatic carbocycles. The van der Waals surface area contributed by atoms with Gasteiger partial charge in [-0.05, 0) is 48.4 Å². The van der Waals surface area contributed by atoms with Gasteiger partial charge in [0, 0.05) is 31.1 Å². The van der Waals surface area contributed by atoms with Crippen LogP contribution in [0.4, 0.5) is 5.69 Å². The van der Waals surface area contributed by atoms with Gasteiger partial charge in [-0.2, -0.15) is 0 Å². The highest BCUT2D eigenvalue weighted by Crippen LogP contribution is 2.24. The minimum absolute atomic E-state index is 0.139. The Morgan fingerprint density at radius 3 is 2.23 bits per heavy atom. The van der Waals surface area contributed by atoms with Gasteiger partial charge in [0.1, 0.15) is 0 Å². The van der Waals surface area contributed by atoms with Crippen LogP contribution >= 0.6 is 0 Å². The van der Waals surface area contributed by atoms with Gasteiger partial charge in [-0.1, -0.05) is 36.4 Å². The molecule has 0 atom stereocenters. The van der Waals surface area contributed by atoms with Crippen LogP contribution in [0.2, 0.25) is 0 Å². The topological polar surface area (TPSA) is 70.6 Å². The molecule has 0 unspecified atom stereocenters. The van der Waals surface area contributed by atoms with E-state index in [4.69, 9.17) is 0 Å². The Bertz CT molecular complexity index is 1090. The number of amides is 3. The number of imide groups is 1. The van der Waals surface area contributed by atoms with E-state index in [1.54, 1.807) is 35.4 Å². The molecule has 6 heteroatoms. The summed E-state index contributed by atoms with van der Waals surface area (Å²) in [7, 11) is 0. The van der Waals surface area contributed by atoms with E-state index in [2.05, 4.69) is 4.98 Å². The first-order valence-electron chi connectivity index (χ1n) is 10.2. The second-order valence-corrected chi connectivity index (χ2v) is 7.58. The van der Waals surface area contributed by atoms with Crippen LogP contribution in [0.15, 0.2) is 72.9 Å². The predicted octanol–water partition coefficient (Wildman–Crippen LogP) is 3.89. The standard InChI is InChI=1S/C25H23N3O3/c1-18-6-5-15-26-22(18)17-27(16-19-7-3-2-4-8-19)25(31)20-9-11-21(12-10-20)28-23(29)13-14-24(28)30/h2-12,15H,13-14,16-17H2,1H3. The minimum atomic E-state index is -0.208. The lowest BCUT2D eigenvalue weighted by Crippen LogP contribution is -2.31. The van der Waals surface area contributed by atoms with Crippen LogP contribution in [0, 0.1) is 6.92 Å². The molecule has 3 aromatic rings. The third-order valence-corrected chi connectivity index (χ3v) is 5.39. The molecule has 1 aliphatic heterocycles. The van der Waals surface area contributed by atoms with E-state index in [1.807, 2.05) is 49.4 Å². The molecule has 1 aliphatic rings. The van der Waals surface area contributed by atoms with Crippen LogP contribution in [-0.4, -0.2) is 27.6 Å². The molecule has 0 bridgehead atoms. The molecule has 3 amide bonds. The van der Waals surface area contributed by atoms with Gasteiger partial charge >= 0.3 is 0 Å². The Morgan fingerprint density at radius 1 is 0.903 bits per heavy atom. The number of benzene rings is 2. The molecule has 1 saturated heterocycles. The molecule has 6 nitrogen and oxygen atoms in total. The number of hydrogen-bond acceptors (Lipinski definition) is 4. The third-order valence-electron chi connectivity index (χ3n) is 5.39. The summed E-state index contributed by atoms with van der Waals surface area (Å²) >= 11 is 0. The van der Waals surface area contributed by atoms with Gasteiger partial charge < -0.3 is 4.90 Å². The van der Waals surface area contributed by atoms with Crippen LogP contribution < -0.4 is 4.90 Å². The van der Waals surface area contributed by atoms with Crippen molar-refractivity contribution in [3.63, 3.8) is 0 Å². The summed E-state index contributed by atoms with van der Waals surface area (Å²) in [5, 5.41) is 0. The lowest BCUT2D eigenvalue weighted by Gasteiger charge is -2.24. The van der Waals surface area contributed by atoms with Crippen LogP contribution in [0.5, 0.6) is 0 Å². The number of anilines is 1. The molecule has 4 rings (SSSR count). The average Bonchev–Trinajstić information content (AvgIpc) is 3.13. The lowest BCUT2D eigenvalue weighted by atomic mass is 10.1. The summed E-state index contributed by atoms with van der Waals surface area (Å²) in [6.07, 6.45) is 2.19. The monoisotopic (exact) mass is 413 g/mol. The van der Waals surface area contributed by atoms with Gasteiger partial charge in [0.2, 0.25) is 11.8 Å². The van der Waals surface area contributed by atoms with E-state index in [9.17, 15) is 14.4 Å². The first-order valence-corrected chi connectivity index (χ1v) is 10.2. The second-order valence-electron chi connectivity index (χ2n) is 7.58. The minimum Gasteiger partial charge on any atom is -0.328 e. The van der Waals surface area contributed by atoms with E-state index in [0.717, 1.165) is 16.8 Å². The fraction of sp³-hybridized carbons (Fsp3) is 0.200. The zero-order chi connectivity index (χ0) is 21.8. The molecule has 0 N–H and O–H groups in total. The van der Waals surface area contributed by atoms with Crippen molar-refractivity contribution in [3.8, 4) is 0 Å². The fourth-order valence-corrected chi connectivity index (χ4v) is 3.67. The van der Waals surface area contributed by atoms with E-state index < -0.39 is 0 Å². The number of pyridine rings is 1. The number of carbonyl (C=O) groups is 3. The van der Waals surface area contributed by atoms with Gasteiger partial charge in [-0.15, -0.1) is 0 Å².